The zero-order valence-corrected chi connectivity index (χ0v) is 9.56. The highest BCUT2D eigenvalue weighted by molar-refractivity contribution is 5.11. The van der Waals surface area contributed by atoms with Crippen molar-refractivity contribution >= 4 is 0 Å². The average molecular weight is 205 g/mol. The summed E-state index contributed by atoms with van der Waals surface area (Å²) in [6.07, 6.45) is 8.01. The van der Waals surface area contributed by atoms with Crippen molar-refractivity contribution in [3.05, 3.63) is 24.3 Å². The van der Waals surface area contributed by atoms with Crippen LogP contribution in [0.1, 0.15) is 38.2 Å². The van der Waals surface area contributed by atoms with Gasteiger partial charge in [0, 0.05) is 18.4 Å². The van der Waals surface area contributed by atoms with Crippen molar-refractivity contribution < 1.29 is 0 Å². The average Bonchev–Trinajstić information content (AvgIpc) is 2.30. The maximum Gasteiger partial charge on any atom is 0.115 e. The van der Waals surface area contributed by atoms with Crippen LogP contribution in [0, 0.1) is 0 Å². The van der Waals surface area contributed by atoms with Crippen LogP contribution in [0.15, 0.2) is 18.7 Å². The molecule has 3 nitrogen and oxygen atoms in total. The minimum Gasteiger partial charge on any atom is -0.301 e. The van der Waals surface area contributed by atoms with E-state index in [1.807, 2.05) is 12.4 Å². The van der Waals surface area contributed by atoms with E-state index in [1.54, 1.807) is 6.33 Å². The Morgan fingerprint density at radius 2 is 1.80 bits per heavy atom. The molecule has 1 aliphatic rings. The van der Waals surface area contributed by atoms with Crippen molar-refractivity contribution in [2.45, 2.75) is 38.6 Å². The topological polar surface area (TPSA) is 29.0 Å². The summed E-state index contributed by atoms with van der Waals surface area (Å²) in [4.78, 5) is 10.7. The van der Waals surface area contributed by atoms with E-state index in [9.17, 15) is 0 Å². The highest BCUT2D eigenvalue weighted by atomic mass is 15.1. The molecule has 0 unspecified atom stereocenters. The Kier molecular flexibility index (Phi) is 3.31. The summed E-state index contributed by atoms with van der Waals surface area (Å²) in [6, 6.07) is 0.679. The van der Waals surface area contributed by atoms with Crippen molar-refractivity contribution in [3.63, 3.8) is 0 Å². The van der Waals surface area contributed by atoms with Crippen molar-refractivity contribution in [3.8, 4) is 0 Å². The Balaban J connectivity index is 1.94. The number of hydrogen-bond acceptors (Lipinski definition) is 3. The van der Waals surface area contributed by atoms with Crippen LogP contribution in [0.4, 0.5) is 0 Å². The highest BCUT2D eigenvalue weighted by Gasteiger charge is 2.21. The molecule has 2 heterocycles. The number of piperidine rings is 1. The zero-order valence-electron chi connectivity index (χ0n) is 9.56. The number of nitrogens with zero attached hydrogens (tertiary/aromatic N) is 3. The molecule has 0 radical (unpaired) electrons. The third-order valence-electron chi connectivity index (χ3n) is 3.31. The standard InChI is InChI=1S/C12H19N3/c1-10(2)15-5-3-11(4-6-15)12-7-13-9-14-8-12/h7-11H,3-6H2,1-2H3. The summed E-state index contributed by atoms with van der Waals surface area (Å²) in [5, 5.41) is 0. The molecule has 1 aliphatic heterocycles. The monoisotopic (exact) mass is 205 g/mol. The van der Waals surface area contributed by atoms with Gasteiger partial charge >= 0.3 is 0 Å². The smallest absolute Gasteiger partial charge is 0.115 e. The Morgan fingerprint density at radius 3 is 2.33 bits per heavy atom. The third kappa shape index (κ3) is 2.53. The minimum absolute atomic E-state index is 0.668. The van der Waals surface area contributed by atoms with Crippen LogP contribution in [0.25, 0.3) is 0 Å². The largest absolute Gasteiger partial charge is 0.301 e. The SMILES string of the molecule is CC(C)N1CCC(c2cncnc2)CC1. The first-order chi connectivity index (χ1) is 7.27. The van der Waals surface area contributed by atoms with E-state index in [1.165, 1.54) is 31.5 Å². The van der Waals surface area contributed by atoms with Gasteiger partial charge in [-0.1, -0.05) is 0 Å². The third-order valence-corrected chi connectivity index (χ3v) is 3.31. The molecule has 3 heteroatoms. The van der Waals surface area contributed by atoms with Crippen LogP contribution >= 0.6 is 0 Å². The predicted molar refractivity (Wildman–Crippen MR) is 60.7 cm³/mol. The van der Waals surface area contributed by atoms with Crippen LogP contribution in [0.2, 0.25) is 0 Å². The summed E-state index contributed by atoms with van der Waals surface area (Å²) in [7, 11) is 0. The van der Waals surface area contributed by atoms with Gasteiger partial charge < -0.3 is 4.90 Å². The van der Waals surface area contributed by atoms with Gasteiger partial charge in [-0.2, -0.15) is 0 Å². The first kappa shape index (κ1) is 10.6. The molecule has 0 atom stereocenters. The first-order valence-electron chi connectivity index (χ1n) is 5.76. The molecule has 15 heavy (non-hydrogen) atoms. The van der Waals surface area contributed by atoms with E-state index >= 15 is 0 Å². The van der Waals surface area contributed by atoms with Gasteiger partial charge in [0.1, 0.15) is 6.33 Å². The molecule has 0 N–H and O–H groups in total. The molecule has 1 aromatic heterocycles. The quantitative estimate of drug-likeness (QED) is 0.740. The number of likely N-dealkylation sites (tertiary alicyclic amines) is 1. The van der Waals surface area contributed by atoms with E-state index < -0.39 is 0 Å². The van der Waals surface area contributed by atoms with E-state index in [0.717, 1.165) is 0 Å². The van der Waals surface area contributed by atoms with Crippen LogP contribution in [0.5, 0.6) is 0 Å². The lowest BCUT2D eigenvalue weighted by Crippen LogP contribution is -2.37. The second kappa shape index (κ2) is 4.71. The first-order valence-corrected chi connectivity index (χ1v) is 5.76. The van der Waals surface area contributed by atoms with Crippen molar-refractivity contribution in [1.29, 1.82) is 0 Å². The van der Waals surface area contributed by atoms with Crippen molar-refractivity contribution in [1.82, 2.24) is 14.9 Å². The summed E-state index contributed by atoms with van der Waals surface area (Å²) < 4.78 is 0. The Hall–Kier alpha value is -0.960. The van der Waals surface area contributed by atoms with E-state index in [4.69, 9.17) is 0 Å². The van der Waals surface area contributed by atoms with Crippen LogP contribution in [0.3, 0.4) is 0 Å². The number of rotatable bonds is 2. The van der Waals surface area contributed by atoms with Crippen LogP contribution < -0.4 is 0 Å². The van der Waals surface area contributed by atoms with E-state index in [2.05, 4.69) is 28.7 Å². The predicted octanol–water partition coefficient (Wildman–Crippen LogP) is 2.06. The lowest BCUT2D eigenvalue weighted by Gasteiger charge is -2.34. The van der Waals surface area contributed by atoms with E-state index in [0.29, 0.717) is 12.0 Å². The summed E-state index contributed by atoms with van der Waals surface area (Å²) in [5.41, 5.74) is 1.31. The van der Waals surface area contributed by atoms with Crippen LogP contribution in [-0.2, 0) is 0 Å². The fraction of sp³-hybridized carbons (Fsp3) is 0.667. The molecule has 0 aromatic carbocycles. The Labute approximate surface area is 91.5 Å². The summed E-state index contributed by atoms with van der Waals surface area (Å²) in [5.74, 6) is 0.668. The minimum atomic E-state index is 0.668. The molecular formula is C12H19N3. The maximum absolute atomic E-state index is 4.09. The van der Waals surface area contributed by atoms with Gasteiger partial charge in [-0.15, -0.1) is 0 Å². The molecule has 2 rings (SSSR count). The summed E-state index contributed by atoms with van der Waals surface area (Å²) >= 11 is 0. The molecular weight excluding hydrogens is 186 g/mol. The van der Waals surface area contributed by atoms with Gasteiger partial charge in [0.2, 0.25) is 0 Å². The van der Waals surface area contributed by atoms with Gasteiger partial charge in [-0.05, 0) is 51.3 Å². The molecule has 0 bridgehead atoms. The lowest BCUT2D eigenvalue weighted by molar-refractivity contribution is 0.171. The second-order valence-electron chi connectivity index (χ2n) is 4.58. The van der Waals surface area contributed by atoms with Gasteiger partial charge in [0.15, 0.2) is 0 Å². The zero-order chi connectivity index (χ0) is 10.7. The van der Waals surface area contributed by atoms with E-state index in [-0.39, 0.29) is 0 Å². The highest BCUT2D eigenvalue weighted by Crippen LogP contribution is 2.27. The number of hydrogen-bond donors (Lipinski definition) is 0. The van der Waals surface area contributed by atoms with Crippen LogP contribution in [-0.4, -0.2) is 34.0 Å². The van der Waals surface area contributed by atoms with Gasteiger partial charge in [-0.3, -0.25) is 0 Å². The molecule has 1 saturated heterocycles. The molecule has 0 amide bonds. The van der Waals surface area contributed by atoms with Crippen molar-refractivity contribution in [2.75, 3.05) is 13.1 Å². The molecule has 1 aromatic rings. The number of aromatic nitrogens is 2. The fourth-order valence-electron chi connectivity index (χ4n) is 2.27. The van der Waals surface area contributed by atoms with Crippen molar-refractivity contribution in [2.24, 2.45) is 0 Å². The van der Waals surface area contributed by atoms with Gasteiger partial charge in [-0.25, -0.2) is 9.97 Å². The molecule has 0 aliphatic carbocycles. The molecule has 0 saturated carbocycles. The molecule has 0 spiro atoms. The summed E-state index contributed by atoms with van der Waals surface area (Å²) in [6.45, 7) is 6.95. The molecule has 82 valence electrons. The maximum atomic E-state index is 4.09. The second-order valence-corrected chi connectivity index (χ2v) is 4.58. The van der Waals surface area contributed by atoms with Gasteiger partial charge in [0.05, 0.1) is 0 Å². The Morgan fingerprint density at radius 1 is 1.20 bits per heavy atom. The molecule has 1 fully saturated rings. The fourth-order valence-corrected chi connectivity index (χ4v) is 2.27. The lowest BCUT2D eigenvalue weighted by atomic mass is 9.91. The van der Waals surface area contributed by atoms with Gasteiger partial charge in [0.25, 0.3) is 0 Å². The Bertz CT molecular complexity index is 289. The normalized spacial score (nSPS) is 19.7.